The summed E-state index contributed by atoms with van der Waals surface area (Å²) in [5.74, 6) is -2.96. The molecule has 2 N–H and O–H groups in total. The lowest BCUT2D eigenvalue weighted by Gasteiger charge is -2.14. The lowest BCUT2D eigenvalue weighted by molar-refractivity contribution is -0.384. The molecule has 0 bridgehead atoms. The smallest absolute Gasteiger partial charge is 0.338 e. The van der Waals surface area contributed by atoms with E-state index in [1.807, 2.05) is 0 Å². The first-order valence-electron chi connectivity index (χ1n) is 6.04. The summed E-state index contributed by atoms with van der Waals surface area (Å²) in [6.45, 7) is 0.486. The number of carboxylic acid groups (broad SMARTS) is 1. The van der Waals surface area contributed by atoms with Gasteiger partial charge in [0, 0.05) is 25.7 Å². The fourth-order valence-electron chi connectivity index (χ4n) is 2.14. The molecule has 112 valence electrons. The lowest BCUT2D eigenvalue weighted by Crippen LogP contribution is -2.31. The van der Waals surface area contributed by atoms with Crippen LogP contribution in [0.4, 0.5) is 15.8 Å². The Hall–Kier alpha value is -2.71. The van der Waals surface area contributed by atoms with E-state index in [-0.39, 0.29) is 11.6 Å². The molecule has 0 saturated carbocycles. The molecule has 21 heavy (non-hydrogen) atoms. The first-order chi connectivity index (χ1) is 9.81. The first kappa shape index (κ1) is 14.7. The van der Waals surface area contributed by atoms with Gasteiger partial charge in [-0.3, -0.25) is 14.9 Å². The third-order valence-corrected chi connectivity index (χ3v) is 3.27. The van der Waals surface area contributed by atoms with E-state index in [4.69, 9.17) is 5.11 Å². The standard InChI is InChI=1S/C12H12FN3O5/c1-15-3-2-8(11(15)17)14-9-5-7(13)6(12(18)19)4-10(9)16(20)21/h4-5,8,14H,2-3H2,1H3,(H,18,19). The third-order valence-electron chi connectivity index (χ3n) is 3.27. The number of likely N-dealkylation sites (N-methyl/N-ethyl adjacent to an activating group) is 1. The molecule has 1 heterocycles. The summed E-state index contributed by atoms with van der Waals surface area (Å²) in [7, 11) is 1.59. The van der Waals surface area contributed by atoms with Crippen molar-refractivity contribution in [2.24, 2.45) is 0 Å². The number of nitro groups is 1. The van der Waals surface area contributed by atoms with E-state index in [0.29, 0.717) is 19.0 Å². The van der Waals surface area contributed by atoms with Crippen LogP contribution in [0.2, 0.25) is 0 Å². The number of nitrogens with one attached hydrogen (secondary N) is 1. The van der Waals surface area contributed by atoms with Crippen molar-refractivity contribution in [2.75, 3.05) is 18.9 Å². The van der Waals surface area contributed by atoms with Crippen molar-refractivity contribution >= 4 is 23.3 Å². The summed E-state index contributed by atoms with van der Waals surface area (Å²) in [4.78, 5) is 34.2. The zero-order valence-electron chi connectivity index (χ0n) is 11.0. The fraction of sp³-hybridized carbons (Fsp3) is 0.333. The molecular formula is C12H12FN3O5. The molecule has 1 fully saturated rings. The second-order valence-corrected chi connectivity index (χ2v) is 4.66. The van der Waals surface area contributed by atoms with Crippen molar-refractivity contribution in [2.45, 2.75) is 12.5 Å². The van der Waals surface area contributed by atoms with E-state index >= 15 is 0 Å². The summed E-state index contributed by atoms with van der Waals surface area (Å²) in [6, 6.07) is 0.680. The van der Waals surface area contributed by atoms with Crippen molar-refractivity contribution < 1.29 is 24.0 Å². The number of benzene rings is 1. The monoisotopic (exact) mass is 297 g/mol. The molecule has 0 spiro atoms. The minimum absolute atomic E-state index is 0.212. The maximum absolute atomic E-state index is 13.7. The van der Waals surface area contributed by atoms with Crippen molar-refractivity contribution in [3.8, 4) is 0 Å². The van der Waals surface area contributed by atoms with Gasteiger partial charge in [0.25, 0.3) is 5.69 Å². The van der Waals surface area contributed by atoms with Gasteiger partial charge in [-0.2, -0.15) is 0 Å². The largest absolute Gasteiger partial charge is 0.478 e. The number of hydrogen-bond acceptors (Lipinski definition) is 5. The number of hydrogen-bond donors (Lipinski definition) is 2. The average Bonchev–Trinajstić information content (AvgIpc) is 2.70. The molecule has 0 aromatic heterocycles. The molecule has 2 rings (SSSR count). The molecule has 1 aromatic carbocycles. The van der Waals surface area contributed by atoms with Gasteiger partial charge in [0.05, 0.1) is 4.92 Å². The zero-order chi connectivity index (χ0) is 15.7. The Balaban J connectivity index is 2.39. The number of carbonyl (C=O) groups excluding carboxylic acids is 1. The number of carboxylic acids is 1. The van der Waals surface area contributed by atoms with Crippen LogP contribution in [0.25, 0.3) is 0 Å². The SMILES string of the molecule is CN1CCC(Nc2cc(F)c(C(=O)O)cc2[N+](=O)[O-])C1=O. The van der Waals surface area contributed by atoms with Crippen LogP contribution in [-0.2, 0) is 4.79 Å². The van der Waals surface area contributed by atoms with Gasteiger partial charge in [0.2, 0.25) is 5.91 Å². The molecule has 0 radical (unpaired) electrons. The number of rotatable bonds is 4. The first-order valence-corrected chi connectivity index (χ1v) is 6.04. The molecule has 1 atom stereocenters. The Morgan fingerprint density at radius 1 is 1.57 bits per heavy atom. The molecule has 1 amide bonds. The quantitative estimate of drug-likeness (QED) is 0.635. The van der Waals surface area contributed by atoms with Crippen LogP contribution in [0, 0.1) is 15.9 Å². The Labute approximate surface area is 118 Å². The van der Waals surface area contributed by atoms with Gasteiger partial charge in [-0.05, 0) is 6.42 Å². The van der Waals surface area contributed by atoms with Gasteiger partial charge >= 0.3 is 5.97 Å². The molecule has 1 aromatic rings. The lowest BCUT2D eigenvalue weighted by atomic mass is 10.1. The maximum atomic E-state index is 13.7. The normalized spacial score (nSPS) is 17.9. The Kier molecular flexibility index (Phi) is 3.74. The third kappa shape index (κ3) is 2.76. The summed E-state index contributed by atoms with van der Waals surface area (Å²) in [6.07, 6.45) is 0.425. The van der Waals surface area contributed by atoms with Crippen LogP contribution < -0.4 is 5.32 Å². The van der Waals surface area contributed by atoms with Crippen molar-refractivity contribution in [1.29, 1.82) is 0 Å². The molecule has 9 heteroatoms. The van der Waals surface area contributed by atoms with E-state index in [1.165, 1.54) is 4.90 Å². The number of carbonyl (C=O) groups is 2. The second kappa shape index (κ2) is 5.35. The highest BCUT2D eigenvalue weighted by Gasteiger charge is 2.31. The van der Waals surface area contributed by atoms with E-state index in [2.05, 4.69) is 5.32 Å². The minimum atomic E-state index is -1.60. The van der Waals surface area contributed by atoms with E-state index < -0.39 is 34.0 Å². The van der Waals surface area contributed by atoms with Gasteiger partial charge in [-0.15, -0.1) is 0 Å². The summed E-state index contributed by atoms with van der Waals surface area (Å²) >= 11 is 0. The molecule has 1 aliphatic heterocycles. The molecule has 1 saturated heterocycles. The van der Waals surface area contributed by atoms with Crippen molar-refractivity contribution in [3.63, 3.8) is 0 Å². The van der Waals surface area contributed by atoms with Crippen LogP contribution in [0.3, 0.4) is 0 Å². The Morgan fingerprint density at radius 2 is 2.24 bits per heavy atom. The minimum Gasteiger partial charge on any atom is -0.478 e. The molecular weight excluding hydrogens is 285 g/mol. The van der Waals surface area contributed by atoms with Crippen molar-refractivity contribution in [3.05, 3.63) is 33.6 Å². The number of likely N-dealkylation sites (tertiary alicyclic amines) is 1. The predicted molar refractivity (Wildman–Crippen MR) is 69.7 cm³/mol. The molecule has 1 unspecified atom stereocenters. The number of nitro benzene ring substituents is 1. The van der Waals surface area contributed by atoms with Crippen LogP contribution in [0.5, 0.6) is 0 Å². The van der Waals surface area contributed by atoms with Crippen molar-refractivity contribution in [1.82, 2.24) is 4.90 Å². The average molecular weight is 297 g/mol. The summed E-state index contributed by atoms with van der Waals surface area (Å²) in [5.41, 5.74) is -1.59. The highest BCUT2D eigenvalue weighted by molar-refractivity contribution is 5.91. The Bertz CT molecular complexity index is 634. The molecule has 1 aliphatic rings. The number of anilines is 1. The fourth-order valence-corrected chi connectivity index (χ4v) is 2.14. The zero-order valence-corrected chi connectivity index (χ0v) is 11.0. The van der Waals surface area contributed by atoms with E-state index in [0.717, 1.165) is 6.07 Å². The number of nitrogens with zero attached hydrogens (tertiary/aromatic N) is 2. The van der Waals surface area contributed by atoms with E-state index in [1.54, 1.807) is 7.05 Å². The highest BCUT2D eigenvalue weighted by atomic mass is 19.1. The predicted octanol–water partition coefficient (Wildman–Crippen LogP) is 1.07. The Morgan fingerprint density at radius 3 is 2.71 bits per heavy atom. The van der Waals surface area contributed by atoms with Gasteiger partial charge < -0.3 is 15.3 Å². The molecule has 8 nitrogen and oxygen atoms in total. The van der Waals surface area contributed by atoms with Gasteiger partial charge in [-0.1, -0.05) is 0 Å². The summed E-state index contributed by atoms with van der Waals surface area (Å²) in [5, 5.41) is 22.4. The van der Waals surface area contributed by atoms with Gasteiger partial charge in [0.1, 0.15) is 23.1 Å². The van der Waals surface area contributed by atoms with Gasteiger partial charge in [0.15, 0.2) is 0 Å². The number of aromatic carboxylic acids is 1. The second-order valence-electron chi connectivity index (χ2n) is 4.66. The summed E-state index contributed by atoms with van der Waals surface area (Å²) < 4.78 is 13.7. The van der Waals surface area contributed by atoms with Crippen LogP contribution in [0.15, 0.2) is 12.1 Å². The van der Waals surface area contributed by atoms with Crippen LogP contribution >= 0.6 is 0 Å². The van der Waals surface area contributed by atoms with Crippen LogP contribution in [-0.4, -0.2) is 46.4 Å². The van der Waals surface area contributed by atoms with Crippen LogP contribution in [0.1, 0.15) is 16.8 Å². The van der Waals surface area contributed by atoms with Gasteiger partial charge in [-0.25, -0.2) is 9.18 Å². The molecule has 0 aliphatic carbocycles. The maximum Gasteiger partial charge on any atom is 0.338 e. The van der Waals surface area contributed by atoms with E-state index in [9.17, 15) is 24.1 Å². The highest BCUT2D eigenvalue weighted by Crippen LogP contribution is 2.29. The topological polar surface area (TPSA) is 113 Å². The number of amides is 1. The number of halogens is 1.